The Morgan fingerprint density at radius 3 is 2.29 bits per heavy atom. The fraction of sp³-hybridized carbons (Fsp3) is 0.476. The third-order valence-corrected chi connectivity index (χ3v) is 3.50. The number of aryl methyl sites for hydroxylation is 1. The van der Waals surface area contributed by atoms with Crippen LogP contribution in [0, 0.1) is 6.92 Å². The Balaban J connectivity index is 0.000000861. The average Bonchev–Trinajstić information content (AvgIpc) is 2.65. The van der Waals surface area contributed by atoms with Gasteiger partial charge >= 0.3 is 12.3 Å². The van der Waals surface area contributed by atoms with Gasteiger partial charge in [0.05, 0.1) is 6.04 Å². The molecule has 3 N–H and O–H groups in total. The van der Waals surface area contributed by atoms with E-state index in [4.69, 9.17) is 5.73 Å². The summed E-state index contributed by atoms with van der Waals surface area (Å²) in [6.45, 7) is 7.91. The first-order valence-electron chi connectivity index (χ1n) is 9.46. The number of carbonyl (C=O) groups is 1. The number of hydrogen-bond donors (Lipinski definition) is 2. The van der Waals surface area contributed by atoms with Gasteiger partial charge in [0.2, 0.25) is 5.88 Å². The zero-order valence-corrected chi connectivity index (χ0v) is 18.1. The minimum Gasteiger partial charge on any atom is -0.471 e. The first-order valence-corrected chi connectivity index (χ1v) is 9.46. The number of alkyl halides is 4. The molecule has 0 aliphatic heterocycles. The van der Waals surface area contributed by atoms with E-state index in [1.165, 1.54) is 24.5 Å². The van der Waals surface area contributed by atoms with Gasteiger partial charge in [-0.15, -0.1) is 0 Å². The highest BCUT2D eigenvalue weighted by atomic mass is 19.3. The Bertz CT molecular complexity index is 834. The van der Waals surface area contributed by atoms with Crippen LogP contribution in [-0.4, -0.2) is 40.4 Å². The molecule has 172 valence electrons. The molecule has 0 aliphatic rings. The van der Waals surface area contributed by atoms with Crippen LogP contribution in [0.2, 0.25) is 0 Å². The number of aromatic nitrogens is 2. The summed E-state index contributed by atoms with van der Waals surface area (Å²) in [5, 5.41) is 2.76. The summed E-state index contributed by atoms with van der Waals surface area (Å²) in [6, 6.07) is 5.58. The fourth-order valence-electron chi connectivity index (χ4n) is 2.02. The van der Waals surface area contributed by atoms with Crippen molar-refractivity contribution >= 4 is 5.91 Å². The van der Waals surface area contributed by atoms with E-state index in [0.29, 0.717) is 16.8 Å². The summed E-state index contributed by atoms with van der Waals surface area (Å²) in [4.78, 5) is 20.0. The van der Waals surface area contributed by atoms with Crippen LogP contribution in [-0.2, 0) is 0 Å². The number of ether oxygens (including phenoxy) is 1. The minimum absolute atomic E-state index is 0. The van der Waals surface area contributed by atoms with E-state index in [-0.39, 0.29) is 17.3 Å². The molecule has 6 nitrogen and oxygen atoms in total. The van der Waals surface area contributed by atoms with Crippen molar-refractivity contribution in [1.29, 1.82) is 0 Å². The van der Waals surface area contributed by atoms with E-state index in [1.807, 2.05) is 20.8 Å². The number of hydrogen-bond acceptors (Lipinski definition) is 5. The monoisotopic (exact) mass is 444 g/mol. The van der Waals surface area contributed by atoms with Gasteiger partial charge < -0.3 is 15.8 Å². The van der Waals surface area contributed by atoms with E-state index in [0.717, 1.165) is 0 Å². The molecule has 2 rings (SSSR count). The quantitative estimate of drug-likeness (QED) is 0.622. The molecule has 10 heteroatoms. The largest absolute Gasteiger partial charge is 0.471 e. The topological polar surface area (TPSA) is 90.1 Å². The number of nitrogens with one attached hydrogen (secondary N) is 1. The van der Waals surface area contributed by atoms with Gasteiger partial charge in [0, 0.05) is 35.3 Å². The predicted molar refractivity (Wildman–Crippen MR) is 109 cm³/mol. The number of pyridine rings is 2. The number of halogens is 4. The van der Waals surface area contributed by atoms with Crippen LogP contribution >= 0.6 is 0 Å². The van der Waals surface area contributed by atoms with Crippen LogP contribution in [0.5, 0.6) is 5.88 Å². The molecule has 0 radical (unpaired) electrons. The Labute approximate surface area is 179 Å². The molecule has 0 aromatic carbocycles. The van der Waals surface area contributed by atoms with Gasteiger partial charge in [0.1, 0.15) is 0 Å². The minimum atomic E-state index is -4.25. The standard InChI is InChI=1S/C17H17F4N3O2.C4H11N/c1-10-7-12(5-6-22-10)15(25)24-11(2)13-3-4-14(23-8-13)26-9-17(20,21)16(18)19;1-4(2,3)5/h3-8,11,16H,9H2,1-2H3,(H,24,25);5H2,1-3H3. The SMILES string of the molecule is CC(C)(C)N.Cc1cc(C(=O)NC(C)c2ccc(OCC(F)(F)C(F)F)nc2)ccn1. The molecule has 2 aromatic rings. The lowest BCUT2D eigenvalue weighted by molar-refractivity contribution is -0.148. The van der Waals surface area contributed by atoms with Crippen molar-refractivity contribution in [2.75, 3.05) is 6.61 Å². The van der Waals surface area contributed by atoms with E-state index in [2.05, 4.69) is 20.0 Å². The molecule has 0 fully saturated rings. The van der Waals surface area contributed by atoms with E-state index in [9.17, 15) is 22.4 Å². The fourth-order valence-corrected chi connectivity index (χ4v) is 2.02. The maximum absolute atomic E-state index is 12.8. The maximum atomic E-state index is 12.8. The first kappa shape index (κ1) is 26.3. The second-order valence-electron chi connectivity index (χ2n) is 8.03. The van der Waals surface area contributed by atoms with Crippen molar-refractivity contribution in [3.63, 3.8) is 0 Å². The van der Waals surface area contributed by atoms with Gasteiger partial charge in [0.15, 0.2) is 6.61 Å². The third kappa shape index (κ3) is 10.2. The Hall–Kier alpha value is -2.75. The zero-order chi connectivity index (χ0) is 23.8. The highest BCUT2D eigenvalue weighted by molar-refractivity contribution is 5.94. The summed E-state index contributed by atoms with van der Waals surface area (Å²) in [5.41, 5.74) is 7.10. The number of rotatable bonds is 7. The Morgan fingerprint density at radius 2 is 1.81 bits per heavy atom. The molecule has 1 unspecified atom stereocenters. The summed E-state index contributed by atoms with van der Waals surface area (Å²) in [6.07, 6.45) is -0.968. The molecule has 0 bridgehead atoms. The van der Waals surface area contributed by atoms with Crippen LogP contribution in [0.1, 0.15) is 55.4 Å². The van der Waals surface area contributed by atoms with Crippen molar-refractivity contribution in [2.24, 2.45) is 5.73 Å². The predicted octanol–water partition coefficient (Wildman–Crippen LogP) is 4.30. The molecule has 0 aliphatic carbocycles. The summed E-state index contributed by atoms with van der Waals surface area (Å²) < 4.78 is 54.4. The van der Waals surface area contributed by atoms with Gasteiger partial charge in [-0.3, -0.25) is 9.78 Å². The zero-order valence-electron chi connectivity index (χ0n) is 18.1. The first-order chi connectivity index (χ1) is 14.2. The van der Waals surface area contributed by atoms with Gasteiger partial charge in [-0.05, 0) is 52.3 Å². The molecule has 2 heterocycles. The summed E-state index contributed by atoms with van der Waals surface area (Å²) in [5.74, 6) is -4.76. The Morgan fingerprint density at radius 1 is 1.19 bits per heavy atom. The molecule has 1 atom stereocenters. The number of nitrogens with zero attached hydrogens (tertiary/aromatic N) is 2. The van der Waals surface area contributed by atoms with Crippen molar-refractivity contribution in [3.05, 3.63) is 53.5 Å². The molecular weight excluding hydrogens is 416 g/mol. The van der Waals surface area contributed by atoms with E-state index < -0.39 is 25.0 Å². The highest BCUT2D eigenvalue weighted by Gasteiger charge is 2.41. The normalized spacial score (nSPS) is 12.6. The van der Waals surface area contributed by atoms with E-state index in [1.54, 1.807) is 26.0 Å². The Kier molecular flexibility index (Phi) is 9.36. The van der Waals surface area contributed by atoms with Gasteiger partial charge in [-0.25, -0.2) is 13.8 Å². The maximum Gasteiger partial charge on any atom is 0.340 e. The smallest absolute Gasteiger partial charge is 0.340 e. The van der Waals surface area contributed by atoms with Crippen molar-refractivity contribution in [3.8, 4) is 5.88 Å². The molecular formula is C21H28F4N4O2. The highest BCUT2D eigenvalue weighted by Crippen LogP contribution is 2.24. The van der Waals surface area contributed by atoms with Gasteiger partial charge in [-0.1, -0.05) is 6.07 Å². The van der Waals surface area contributed by atoms with Crippen LogP contribution in [0.4, 0.5) is 17.6 Å². The van der Waals surface area contributed by atoms with Crippen LogP contribution in [0.25, 0.3) is 0 Å². The van der Waals surface area contributed by atoms with Crippen molar-refractivity contribution < 1.29 is 27.1 Å². The van der Waals surface area contributed by atoms with Gasteiger partial charge in [-0.2, -0.15) is 8.78 Å². The number of amides is 1. The van der Waals surface area contributed by atoms with Gasteiger partial charge in [0.25, 0.3) is 5.91 Å². The second kappa shape index (κ2) is 11.0. The lowest BCUT2D eigenvalue weighted by atomic mass is 10.1. The van der Waals surface area contributed by atoms with E-state index >= 15 is 0 Å². The molecule has 1 amide bonds. The number of nitrogens with two attached hydrogens (primary N) is 1. The summed E-state index contributed by atoms with van der Waals surface area (Å²) >= 11 is 0. The lowest BCUT2D eigenvalue weighted by Crippen LogP contribution is -2.33. The lowest BCUT2D eigenvalue weighted by Gasteiger charge is -2.17. The summed E-state index contributed by atoms with van der Waals surface area (Å²) in [7, 11) is 0. The second-order valence-corrected chi connectivity index (χ2v) is 8.03. The van der Waals surface area contributed by atoms with Crippen LogP contribution in [0.3, 0.4) is 0 Å². The van der Waals surface area contributed by atoms with Crippen molar-refractivity contribution in [2.45, 2.75) is 58.5 Å². The molecule has 0 saturated carbocycles. The average molecular weight is 444 g/mol. The van der Waals surface area contributed by atoms with Crippen LogP contribution < -0.4 is 15.8 Å². The molecule has 0 saturated heterocycles. The molecule has 0 spiro atoms. The molecule has 2 aromatic heterocycles. The number of carbonyl (C=O) groups excluding carboxylic acids is 1. The van der Waals surface area contributed by atoms with Crippen molar-refractivity contribution in [1.82, 2.24) is 15.3 Å². The molecule has 31 heavy (non-hydrogen) atoms. The third-order valence-electron chi connectivity index (χ3n) is 3.50. The van der Waals surface area contributed by atoms with Crippen LogP contribution in [0.15, 0.2) is 36.7 Å².